The first-order chi connectivity index (χ1) is 5.68. The van der Waals surface area contributed by atoms with E-state index in [1.807, 2.05) is 0 Å². The second-order valence-electron chi connectivity index (χ2n) is 2.27. The maximum atomic E-state index is 5.82. The van der Waals surface area contributed by atoms with Gasteiger partial charge in [-0.15, -0.1) is 0 Å². The largest absolute Gasteiger partial charge is 0.232 e. The van der Waals surface area contributed by atoms with Crippen molar-refractivity contribution in [2.75, 3.05) is 0 Å². The molecule has 0 saturated carbocycles. The molecule has 0 aromatic carbocycles. The minimum absolute atomic E-state index is 0.369. The number of rotatable bonds is 0. The van der Waals surface area contributed by atoms with Gasteiger partial charge in [-0.2, -0.15) is 5.10 Å². The van der Waals surface area contributed by atoms with E-state index in [2.05, 4.69) is 31.0 Å². The van der Waals surface area contributed by atoms with E-state index < -0.39 is 0 Å². The summed E-state index contributed by atoms with van der Waals surface area (Å²) in [7, 11) is 0. The molecule has 0 N–H and O–H groups in total. The summed E-state index contributed by atoms with van der Waals surface area (Å²) in [6.45, 7) is 1.78. The average Bonchev–Trinajstić information content (AvgIpc) is 2.33. The van der Waals surface area contributed by atoms with Gasteiger partial charge in [0.2, 0.25) is 0 Å². The summed E-state index contributed by atoms with van der Waals surface area (Å²) in [5.74, 6) is 0.617. The molecule has 0 bridgehead atoms. The predicted octanol–water partition coefficient (Wildman–Crippen LogP) is 1.85. The first-order valence-corrected chi connectivity index (χ1v) is 4.39. The van der Waals surface area contributed by atoms with Crippen LogP contribution in [0.4, 0.5) is 0 Å². The van der Waals surface area contributed by atoms with Crippen LogP contribution in [-0.4, -0.2) is 19.6 Å². The summed E-state index contributed by atoms with van der Waals surface area (Å²) in [5.41, 5.74) is 0.564. The van der Waals surface area contributed by atoms with Gasteiger partial charge in [0.15, 0.2) is 10.8 Å². The van der Waals surface area contributed by atoms with Crippen molar-refractivity contribution in [1.82, 2.24) is 19.6 Å². The molecule has 0 fully saturated rings. The summed E-state index contributed by atoms with van der Waals surface area (Å²) in [5, 5.41) is 4.48. The molecule has 2 heterocycles. The van der Waals surface area contributed by atoms with Crippen LogP contribution in [0.1, 0.15) is 5.82 Å². The zero-order chi connectivity index (χ0) is 8.72. The molecule has 2 aromatic heterocycles. The van der Waals surface area contributed by atoms with Gasteiger partial charge < -0.3 is 0 Å². The number of aromatic nitrogens is 4. The van der Waals surface area contributed by atoms with E-state index in [0.717, 1.165) is 4.60 Å². The smallest absolute Gasteiger partial charge is 0.192 e. The maximum absolute atomic E-state index is 5.82. The monoisotopic (exact) mass is 246 g/mol. The molecule has 6 heteroatoms. The van der Waals surface area contributed by atoms with Gasteiger partial charge in [0, 0.05) is 0 Å². The fraction of sp³-hybridized carbons (Fsp3) is 0.167. The summed E-state index contributed by atoms with van der Waals surface area (Å²) in [6.07, 6.45) is 1.63. The number of hydrogen-bond acceptors (Lipinski definition) is 3. The molecule has 2 rings (SSSR count). The summed E-state index contributed by atoms with van der Waals surface area (Å²) >= 11 is 9.11. The zero-order valence-electron chi connectivity index (χ0n) is 6.12. The van der Waals surface area contributed by atoms with Gasteiger partial charge >= 0.3 is 0 Å². The number of hydrogen-bond donors (Lipinski definition) is 0. The van der Waals surface area contributed by atoms with Crippen molar-refractivity contribution in [2.24, 2.45) is 0 Å². The van der Waals surface area contributed by atoms with Crippen LogP contribution < -0.4 is 0 Å². The highest BCUT2D eigenvalue weighted by Gasteiger charge is 2.06. The Morgan fingerprint density at radius 1 is 1.58 bits per heavy atom. The van der Waals surface area contributed by atoms with Gasteiger partial charge in [-0.1, -0.05) is 11.6 Å². The van der Waals surface area contributed by atoms with Crippen LogP contribution in [0.15, 0.2) is 10.8 Å². The van der Waals surface area contributed by atoms with E-state index in [4.69, 9.17) is 11.6 Å². The van der Waals surface area contributed by atoms with Gasteiger partial charge in [0.05, 0.1) is 6.20 Å². The molecular formula is C6H4BrClN4. The number of aryl methyl sites for hydroxylation is 1. The minimum Gasteiger partial charge on any atom is -0.232 e. The quantitative estimate of drug-likeness (QED) is 0.713. The molecule has 0 aliphatic rings. The zero-order valence-corrected chi connectivity index (χ0v) is 8.46. The highest BCUT2D eigenvalue weighted by molar-refractivity contribution is 9.10. The normalized spacial score (nSPS) is 10.9. The molecule has 0 spiro atoms. The molecule has 12 heavy (non-hydrogen) atoms. The van der Waals surface area contributed by atoms with E-state index in [9.17, 15) is 0 Å². The highest BCUT2D eigenvalue weighted by atomic mass is 79.9. The van der Waals surface area contributed by atoms with Crippen LogP contribution in [0, 0.1) is 6.92 Å². The average molecular weight is 247 g/mol. The lowest BCUT2D eigenvalue weighted by molar-refractivity contribution is 0.839. The van der Waals surface area contributed by atoms with Crippen LogP contribution in [0.2, 0.25) is 5.15 Å². The summed E-state index contributed by atoms with van der Waals surface area (Å²) < 4.78 is 2.37. The van der Waals surface area contributed by atoms with Crippen LogP contribution in [-0.2, 0) is 0 Å². The van der Waals surface area contributed by atoms with Crippen LogP contribution in [0.25, 0.3) is 5.65 Å². The van der Waals surface area contributed by atoms with E-state index >= 15 is 0 Å². The Hall–Kier alpha value is -0.680. The fourth-order valence-corrected chi connectivity index (χ4v) is 1.52. The third kappa shape index (κ3) is 1.09. The third-order valence-electron chi connectivity index (χ3n) is 1.39. The number of halogens is 2. The second-order valence-corrected chi connectivity index (χ2v) is 3.44. The predicted molar refractivity (Wildman–Crippen MR) is 48.2 cm³/mol. The number of nitrogens with zero attached hydrogens (tertiary/aromatic N) is 4. The minimum atomic E-state index is 0.369. The van der Waals surface area contributed by atoms with E-state index in [0.29, 0.717) is 16.6 Å². The van der Waals surface area contributed by atoms with Crippen LogP contribution >= 0.6 is 27.5 Å². The Morgan fingerprint density at radius 2 is 2.33 bits per heavy atom. The Balaban J connectivity index is 2.92. The molecule has 0 atom stereocenters. The summed E-state index contributed by atoms with van der Waals surface area (Å²) in [4.78, 5) is 7.98. The lowest BCUT2D eigenvalue weighted by Crippen LogP contribution is -1.98. The molecule has 0 aliphatic heterocycles. The van der Waals surface area contributed by atoms with Gasteiger partial charge in [-0.25, -0.2) is 14.5 Å². The Bertz CT molecular complexity index is 438. The molecule has 0 radical (unpaired) electrons. The molecular weight excluding hydrogens is 243 g/mol. The molecule has 4 nitrogen and oxygen atoms in total. The SMILES string of the molecule is Cc1nc(Cl)c2ncc(Br)n2n1. The first-order valence-electron chi connectivity index (χ1n) is 3.22. The van der Waals surface area contributed by atoms with Gasteiger partial charge in [-0.05, 0) is 22.9 Å². The van der Waals surface area contributed by atoms with Crippen molar-refractivity contribution in [3.8, 4) is 0 Å². The summed E-state index contributed by atoms with van der Waals surface area (Å²) in [6, 6.07) is 0. The topological polar surface area (TPSA) is 43.1 Å². The van der Waals surface area contributed by atoms with Crippen LogP contribution in [0.5, 0.6) is 0 Å². The third-order valence-corrected chi connectivity index (χ3v) is 2.18. The molecule has 62 valence electrons. The highest BCUT2D eigenvalue weighted by Crippen LogP contribution is 2.16. The van der Waals surface area contributed by atoms with Crippen molar-refractivity contribution in [2.45, 2.75) is 6.92 Å². The Labute approximate surface area is 81.7 Å². The maximum Gasteiger partial charge on any atom is 0.192 e. The second kappa shape index (κ2) is 2.67. The molecule has 0 aliphatic carbocycles. The molecule has 0 saturated heterocycles. The van der Waals surface area contributed by atoms with Crippen LogP contribution in [0.3, 0.4) is 0 Å². The van der Waals surface area contributed by atoms with Crippen molar-refractivity contribution in [3.05, 3.63) is 21.8 Å². The van der Waals surface area contributed by atoms with Crippen molar-refractivity contribution in [1.29, 1.82) is 0 Å². The van der Waals surface area contributed by atoms with E-state index in [1.165, 1.54) is 0 Å². The lowest BCUT2D eigenvalue weighted by atomic mass is 10.7. The van der Waals surface area contributed by atoms with Crippen molar-refractivity contribution < 1.29 is 0 Å². The number of imidazole rings is 1. The van der Waals surface area contributed by atoms with E-state index in [-0.39, 0.29) is 0 Å². The molecule has 2 aromatic rings. The Kier molecular flexibility index (Phi) is 1.77. The van der Waals surface area contributed by atoms with Crippen molar-refractivity contribution in [3.63, 3.8) is 0 Å². The van der Waals surface area contributed by atoms with Crippen molar-refractivity contribution >= 4 is 33.2 Å². The van der Waals surface area contributed by atoms with E-state index in [1.54, 1.807) is 17.6 Å². The standard InChI is InChI=1S/C6H4BrClN4/c1-3-10-5(8)6-9-2-4(7)12(6)11-3/h2H,1H3. The molecule has 0 amide bonds. The number of fused-ring (bicyclic) bond motifs is 1. The van der Waals surface area contributed by atoms with Gasteiger partial charge in [-0.3, -0.25) is 0 Å². The Morgan fingerprint density at radius 3 is 3.08 bits per heavy atom. The van der Waals surface area contributed by atoms with Gasteiger partial charge in [0.1, 0.15) is 10.4 Å². The first kappa shape index (κ1) is 7.94. The van der Waals surface area contributed by atoms with Gasteiger partial charge in [0.25, 0.3) is 0 Å². The fourth-order valence-electron chi connectivity index (χ4n) is 0.920. The lowest BCUT2D eigenvalue weighted by Gasteiger charge is -1.96. The molecule has 0 unspecified atom stereocenters.